The minimum absolute atomic E-state index is 0.197. The lowest BCUT2D eigenvalue weighted by molar-refractivity contribution is 0.0540. The molecule has 33 heavy (non-hydrogen) atoms. The zero-order valence-corrected chi connectivity index (χ0v) is 19.2. The maximum atomic E-state index is 12.6. The van der Waals surface area contributed by atoms with E-state index in [-0.39, 0.29) is 6.04 Å². The van der Waals surface area contributed by atoms with Crippen LogP contribution in [0.25, 0.3) is 22.4 Å². The monoisotopic (exact) mass is 447 g/mol. The molecule has 3 aromatic rings. The molecule has 1 amide bonds. The molecule has 7 heteroatoms. The minimum Gasteiger partial charge on any atom is -0.443 e. The molecule has 2 aromatic heterocycles. The van der Waals surface area contributed by atoms with Gasteiger partial charge in [-0.25, -0.2) is 9.59 Å². The first kappa shape index (κ1) is 22.6. The van der Waals surface area contributed by atoms with Gasteiger partial charge in [0.25, 0.3) is 0 Å². The Balaban J connectivity index is 1.53. The fraction of sp³-hybridized carbons (Fsp3) is 0.346. The first-order valence-corrected chi connectivity index (χ1v) is 11.2. The van der Waals surface area contributed by atoms with Crippen molar-refractivity contribution in [1.82, 2.24) is 14.9 Å². The van der Waals surface area contributed by atoms with Crippen LogP contribution in [0.4, 0.5) is 9.59 Å². The van der Waals surface area contributed by atoms with Crippen molar-refractivity contribution < 1.29 is 19.1 Å². The number of benzene rings is 1. The number of pyridine rings is 1. The second-order valence-electron chi connectivity index (χ2n) is 9.25. The van der Waals surface area contributed by atoms with Gasteiger partial charge in [-0.15, -0.1) is 0 Å². The van der Waals surface area contributed by atoms with E-state index < -0.39 is 17.8 Å². The highest BCUT2D eigenvalue weighted by Crippen LogP contribution is 2.28. The number of amides is 1. The van der Waals surface area contributed by atoms with Crippen molar-refractivity contribution in [3.63, 3.8) is 0 Å². The van der Waals surface area contributed by atoms with Gasteiger partial charge in [0, 0.05) is 35.8 Å². The van der Waals surface area contributed by atoms with Crippen LogP contribution < -0.4 is 10.1 Å². The number of ether oxygens (including phenoxy) is 2. The maximum absolute atomic E-state index is 12.6. The Bertz CT molecular complexity index is 1140. The number of nitrogens with zero attached hydrogens (tertiary/aromatic N) is 2. The average molecular weight is 448 g/mol. The number of carbonyl (C=O) groups excluding carboxylic acids is 2. The van der Waals surface area contributed by atoms with Crippen molar-refractivity contribution in [1.29, 1.82) is 0 Å². The van der Waals surface area contributed by atoms with E-state index in [4.69, 9.17) is 9.47 Å². The lowest BCUT2D eigenvalue weighted by Crippen LogP contribution is -2.34. The van der Waals surface area contributed by atoms with Crippen molar-refractivity contribution in [2.75, 3.05) is 0 Å². The number of nitrogens with one attached hydrogen (secondary N) is 1. The summed E-state index contributed by atoms with van der Waals surface area (Å²) < 4.78 is 12.5. The zero-order chi connectivity index (χ0) is 23.4. The first-order chi connectivity index (χ1) is 15.8. The van der Waals surface area contributed by atoms with E-state index in [1.54, 1.807) is 30.7 Å². The predicted octanol–water partition coefficient (Wildman–Crippen LogP) is 6.03. The highest BCUT2D eigenvalue weighted by molar-refractivity contribution is 5.80. The van der Waals surface area contributed by atoms with Crippen LogP contribution in [0.15, 0.2) is 61.1 Å². The Morgan fingerprint density at radius 3 is 2.52 bits per heavy atom. The number of aromatic nitrogens is 2. The Hall–Kier alpha value is -3.61. The van der Waals surface area contributed by atoms with Gasteiger partial charge in [0.05, 0.1) is 5.69 Å². The van der Waals surface area contributed by atoms with Crippen LogP contribution >= 0.6 is 0 Å². The molecule has 1 aliphatic rings. The standard InChI is InChI=1S/C26H29N3O4/c1-26(2,3)33-25(31)29-13-7-12-23(29)20-14-19(16-27-17-20)18-8-6-11-22(15-18)32-24(30)28-21-9-4-5-10-21/h6-8,11-17,21H,4-5,9-10H2,1-3H3,(H,28,30). The normalized spacial score (nSPS) is 14.2. The van der Waals surface area contributed by atoms with Crippen LogP contribution in [-0.4, -0.2) is 33.4 Å². The summed E-state index contributed by atoms with van der Waals surface area (Å²) in [6.07, 6.45) is 8.52. The van der Waals surface area contributed by atoms with Crippen LogP contribution in [0, 0.1) is 0 Å². The summed E-state index contributed by atoms with van der Waals surface area (Å²) in [5, 5.41) is 2.93. The van der Waals surface area contributed by atoms with E-state index in [0.29, 0.717) is 11.4 Å². The van der Waals surface area contributed by atoms with E-state index >= 15 is 0 Å². The van der Waals surface area contributed by atoms with Crippen LogP contribution in [0.2, 0.25) is 0 Å². The Morgan fingerprint density at radius 1 is 1.00 bits per heavy atom. The van der Waals surface area contributed by atoms with E-state index in [2.05, 4.69) is 10.3 Å². The molecule has 1 fully saturated rings. The second-order valence-corrected chi connectivity index (χ2v) is 9.25. The molecule has 1 N–H and O–H groups in total. The highest BCUT2D eigenvalue weighted by Gasteiger charge is 2.20. The molecule has 2 heterocycles. The molecule has 0 radical (unpaired) electrons. The summed E-state index contributed by atoms with van der Waals surface area (Å²) >= 11 is 0. The van der Waals surface area contributed by atoms with Gasteiger partial charge >= 0.3 is 12.2 Å². The second kappa shape index (κ2) is 9.48. The third-order valence-electron chi connectivity index (χ3n) is 5.43. The summed E-state index contributed by atoms with van der Waals surface area (Å²) in [6.45, 7) is 5.50. The quantitative estimate of drug-likeness (QED) is 0.528. The van der Waals surface area contributed by atoms with Gasteiger partial charge < -0.3 is 14.8 Å². The topological polar surface area (TPSA) is 82.5 Å². The van der Waals surface area contributed by atoms with Crippen LogP contribution in [0.5, 0.6) is 5.75 Å². The fourth-order valence-electron chi connectivity index (χ4n) is 3.94. The highest BCUT2D eigenvalue weighted by atomic mass is 16.6. The molecule has 1 aliphatic carbocycles. The van der Waals surface area contributed by atoms with E-state index in [9.17, 15) is 9.59 Å². The summed E-state index contributed by atoms with van der Waals surface area (Å²) in [7, 11) is 0. The van der Waals surface area contributed by atoms with Crippen molar-refractivity contribution in [2.24, 2.45) is 0 Å². The number of hydrogen-bond donors (Lipinski definition) is 1. The van der Waals surface area contributed by atoms with Crippen molar-refractivity contribution >= 4 is 12.2 Å². The average Bonchev–Trinajstić information content (AvgIpc) is 3.45. The van der Waals surface area contributed by atoms with E-state index in [1.807, 2.05) is 51.1 Å². The maximum Gasteiger partial charge on any atom is 0.418 e. The number of hydrogen-bond acceptors (Lipinski definition) is 5. The summed E-state index contributed by atoms with van der Waals surface area (Å²) in [5.41, 5.74) is 2.55. The molecule has 4 rings (SSSR count). The fourth-order valence-corrected chi connectivity index (χ4v) is 3.94. The van der Waals surface area contributed by atoms with Gasteiger partial charge in [0.1, 0.15) is 11.4 Å². The lowest BCUT2D eigenvalue weighted by Gasteiger charge is -2.20. The Kier molecular flexibility index (Phi) is 6.49. The molecule has 0 unspecified atom stereocenters. The predicted molar refractivity (Wildman–Crippen MR) is 126 cm³/mol. The van der Waals surface area contributed by atoms with Crippen molar-refractivity contribution in [2.45, 2.75) is 58.1 Å². The smallest absolute Gasteiger partial charge is 0.418 e. The molecule has 7 nitrogen and oxygen atoms in total. The number of rotatable bonds is 4. The molecular formula is C26H29N3O4. The largest absolute Gasteiger partial charge is 0.443 e. The summed E-state index contributed by atoms with van der Waals surface area (Å²) in [4.78, 5) is 29.2. The lowest BCUT2D eigenvalue weighted by atomic mass is 10.0. The van der Waals surface area contributed by atoms with Crippen LogP contribution in [-0.2, 0) is 4.74 Å². The first-order valence-electron chi connectivity index (χ1n) is 11.2. The molecule has 0 saturated heterocycles. The van der Waals surface area contributed by atoms with Crippen LogP contribution in [0.3, 0.4) is 0 Å². The third-order valence-corrected chi connectivity index (χ3v) is 5.43. The molecule has 0 bridgehead atoms. The SMILES string of the molecule is CC(C)(C)OC(=O)n1cccc1-c1cncc(-c2cccc(OC(=O)NC3CCCC3)c2)c1. The van der Waals surface area contributed by atoms with Gasteiger partial charge in [-0.1, -0.05) is 25.0 Å². The molecule has 172 valence electrons. The minimum atomic E-state index is -0.594. The summed E-state index contributed by atoms with van der Waals surface area (Å²) in [5.74, 6) is 0.463. The molecule has 0 atom stereocenters. The van der Waals surface area contributed by atoms with Gasteiger partial charge in [-0.05, 0) is 69.5 Å². The molecule has 1 aromatic carbocycles. The van der Waals surface area contributed by atoms with Crippen LogP contribution in [0.1, 0.15) is 46.5 Å². The zero-order valence-electron chi connectivity index (χ0n) is 19.2. The van der Waals surface area contributed by atoms with E-state index in [0.717, 1.165) is 42.4 Å². The molecular weight excluding hydrogens is 418 g/mol. The molecule has 1 saturated carbocycles. The van der Waals surface area contributed by atoms with Gasteiger partial charge in [0.2, 0.25) is 0 Å². The Labute approximate surface area is 193 Å². The third kappa shape index (κ3) is 5.80. The van der Waals surface area contributed by atoms with Gasteiger partial charge in [0.15, 0.2) is 0 Å². The molecule has 0 aliphatic heterocycles. The number of carbonyl (C=O) groups is 2. The van der Waals surface area contributed by atoms with Crippen molar-refractivity contribution in [3.8, 4) is 28.1 Å². The molecule has 0 spiro atoms. The van der Waals surface area contributed by atoms with E-state index in [1.165, 1.54) is 4.57 Å². The Morgan fingerprint density at radius 2 is 1.76 bits per heavy atom. The van der Waals surface area contributed by atoms with Gasteiger partial charge in [-0.3, -0.25) is 9.55 Å². The van der Waals surface area contributed by atoms with Crippen molar-refractivity contribution in [3.05, 3.63) is 61.1 Å². The van der Waals surface area contributed by atoms with Gasteiger partial charge in [-0.2, -0.15) is 0 Å². The summed E-state index contributed by atoms with van der Waals surface area (Å²) in [6, 6.07) is 13.1.